The zero-order valence-electron chi connectivity index (χ0n) is 10.3. The lowest BCUT2D eigenvalue weighted by Gasteiger charge is -2.42. The number of rotatable bonds is 4. The Labute approximate surface area is 94.4 Å². The van der Waals surface area contributed by atoms with E-state index in [1.807, 2.05) is 0 Å². The molecule has 0 radical (unpaired) electrons. The second-order valence-corrected chi connectivity index (χ2v) is 5.72. The van der Waals surface area contributed by atoms with Crippen LogP contribution in [0, 0.1) is 5.92 Å². The van der Waals surface area contributed by atoms with Crippen LogP contribution in [0.2, 0.25) is 0 Å². The number of nitrogens with one attached hydrogen (secondary N) is 1. The number of likely N-dealkylation sites (tertiary alicyclic amines) is 1. The Balaban J connectivity index is 1.71. The maximum Gasteiger partial charge on any atom is 0.0195 e. The first kappa shape index (κ1) is 11.4. The Morgan fingerprint density at radius 3 is 2.60 bits per heavy atom. The molecule has 0 aromatic heterocycles. The Hall–Kier alpha value is -0.0800. The molecule has 1 aliphatic carbocycles. The first-order valence-electron chi connectivity index (χ1n) is 6.73. The second kappa shape index (κ2) is 5.31. The summed E-state index contributed by atoms with van der Waals surface area (Å²) < 4.78 is 0. The molecule has 88 valence electrons. The van der Waals surface area contributed by atoms with Crippen molar-refractivity contribution in [2.75, 3.05) is 19.6 Å². The van der Waals surface area contributed by atoms with Gasteiger partial charge in [-0.3, -0.25) is 4.90 Å². The van der Waals surface area contributed by atoms with Crippen LogP contribution in [0.5, 0.6) is 0 Å². The molecule has 2 nitrogen and oxygen atoms in total. The molecular formula is C13H26N2. The highest BCUT2D eigenvalue weighted by atomic mass is 15.2. The summed E-state index contributed by atoms with van der Waals surface area (Å²) in [6.07, 6.45) is 7.15. The summed E-state index contributed by atoms with van der Waals surface area (Å²) in [4.78, 5) is 2.73. The predicted molar refractivity (Wildman–Crippen MR) is 65.1 cm³/mol. The first-order valence-corrected chi connectivity index (χ1v) is 6.73. The van der Waals surface area contributed by atoms with Gasteiger partial charge in [-0.05, 0) is 44.7 Å². The molecule has 1 N–H and O–H groups in total. The molecule has 15 heavy (non-hydrogen) atoms. The van der Waals surface area contributed by atoms with Crippen LogP contribution in [0.15, 0.2) is 0 Å². The number of hydrogen-bond acceptors (Lipinski definition) is 2. The van der Waals surface area contributed by atoms with Gasteiger partial charge in [0.2, 0.25) is 0 Å². The van der Waals surface area contributed by atoms with Gasteiger partial charge in [0, 0.05) is 18.6 Å². The molecular weight excluding hydrogens is 184 g/mol. The van der Waals surface area contributed by atoms with Crippen molar-refractivity contribution in [3.8, 4) is 0 Å². The van der Waals surface area contributed by atoms with Crippen LogP contribution in [0.3, 0.4) is 0 Å². The second-order valence-electron chi connectivity index (χ2n) is 5.72. The molecule has 0 spiro atoms. The van der Waals surface area contributed by atoms with Crippen molar-refractivity contribution in [3.63, 3.8) is 0 Å². The van der Waals surface area contributed by atoms with Crippen molar-refractivity contribution >= 4 is 0 Å². The van der Waals surface area contributed by atoms with Crippen molar-refractivity contribution in [3.05, 3.63) is 0 Å². The average molecular weight is 210 g/mol. The van der Waals surface area contributed by atoms with Gasteiger partial charge in [0.15, 0.2) is 0 Å². The van der Waals surface area contributed by atoms with Gasteiger partial charge in [-0.15, -0.1) is 0 Å². The number of hydrogen-bond donors (Lipinski definition) is 1. The lowest BCUT2D eigenvalue weighted by molar-refractivity contribution is 0.0868. The van der Waals surface area contributed by atoms with E-state index in [4.69, 9.17) is 0 Å². The minimum absolute atomic E-state index is 0.766. The standard InChI is InChI=1S/C13H26N2/c1-11(2)9-14-12-5-4-8-15(10-12)13-6-3-7-13/h11-14H,3-10H2,1-2H3. The van der Waals surface area contributed by atoms with Gasteiger partial charge in [-0.2, -0.15) is 0 Å². The normalized spacial score (nSPS) is 29.4. The van der Waals surface area contributed by atoms with E-state index in [0.717, 1.165) is 18.0 Å². The third-order valence-corrected chi connectivity index (χ3v) is 3.86. The molecule has 0 aromatic carbocycles. The molecule has 2 rings (SSSR count). The Bertz CT molecular complexity index is 187. The fourth-order valence-electron chi connectivity index (χ4n) is 2.66. The molecule has 2 heteroatoms. The highest BCUT2D eigenvalue weighted by Gasteiger charge is 2.29. The zero-order valence-corrected chi connectivity index (χ0v) is 10.3. The van der Waals surface area contributed by atoms with Gasteiger partial charge in [-0.25, -0.2) is 0 Å². The number of piperidine rings is 1. The third kappa shape index (κ3) is 3.18. The summed E-state index contributed by atoms with van der Waals surface area (Å²) in [5.41, 5.74) is 0. The van der Waals surface area contributed by atoms with Crippen LogP contribution in [-0.2, 0) is 0 Å². The van der Waals surface area contributed by atoms with Crippen LogP contribution in [-0.4, -0.2) is 36.6 Å². The zero-order chi connectivity index (χ0) is 10.7. The molecule has 2 fully saturated rings. The maximum atomic E-state index is 3.71. The molecule has 1 unspecified atom stereocenters. The van der Waals surface area contributed by atoms with Crippen molar-refractivity contribution < 1.29 is 0 Å². The molecule has 1 aliphatic heterocycles. The van der Waals surface area contributed by atoms with Crippen LogP contribution in [0.25, 0.3) is 0 Å². The smallest absolute Gasteiger partial charge is 0.0195 e. The largest absolute Gasteiger partial charge is 0.312 e. The van der Waals surface area contributed by atoms with Crippen molar-refractivity contribution in [2.45, 2.75) is 58.0 Å². The lowest BCUT2D eigenvalue weighted by Crippen LogP contribution is -2.51. The van der Waals surface area contributed by atoms with Gasteiger partial charge in [0.05, 0.1) is 0 Å². The van der Waals surface area contributed by atoms with Crippen molar-refractivity contribution in [1.82, 2.24) is 10.2 Å². The number of nitrogens with zero attached hydrogens (tertiary/aromatic N) is 1. The highest BCUT2D eigenvalue weighted by Crippen LogP contribution is 2.27. The summed E-state index contributed by atoms with van der Waals surface area (Å²) in [7, 11) is 0. The van der Waals surface area contributed by atoms with E-state index < -0.39 is 0 Å². The highest BCUT2D eigenvalue weighted by molar-refractivity contribution is 4.86. The van der Waals surface area contributed by atoms with Gasteiger partial charge in [0.1, 0.15) is 0 Å². The summed E-state index contributed by atoms with van der Waals surface area (Å²) in [5.74, 6) is 0.782. The van der Waals surface area contributed by atoms with E-state index in [0.29, 0.717) is 0 Å². The van der Waals surface area contributed by atoms with E-state index in [1.165, 1.54) is 51.7 Å². The van der Waals surface area contributed by atoms with Gasteiger partial charge in [-0.1, -0.05) is 20.3 Å². The fraction of sp³-hybridized carbons (Fsp3) is 1.00. The van der Waals surface area contributed by atoms with Crippen LogP contribution >= 0.6 is 0 Å². The molecule has 2 aliphatic rings. The molecule has 1 saturated carbocycles. The summed E-state index contributed by atoms with van der Waals surface area (Å²) in [6.45, 7) is 8.42. The lowest BCUT2D eigenvalue weighted by atomic mass is 9.89. The minimum Gasteiger partial charge on any atom is -0.312 e. The Morgan fingerprint density at radius 2 is 2.00 bits per heavy atom. The van der Waals surface area contributed by atoms with Crippen molar-refractivity contribution in [1.29, 1.82) is 0 Å². The van der Waals surface area contributed by atoms with Crippen LogP contribution in [0.1, 0.15) is 46.0 Å². The topological polar surface area (TPSA) is 15.3 Å². The monoisotopic (exact) mass is 210 g/mol. The van der Waals surface area contributed by atoms with Crippen LogP contribution in [0.4, 0.5) is 0 Å². The van der Waals surface area contributed by atoms with E-state index in [2.05, 4.69) is 24.1 Å². The summed E-state index contributed by atoms with van der Waals surface area (Å²) >= 11 is 0. The van der Waals surface area contributed by atoms with Gasteiger partial charge < -0.3 is 5.32 Å². The molecule has 0 amide bonds. The fourth-order valence-corrected chi connectivity index (χ4v) is 2.66. The van der Waals surface area contributed by atoms with Gasteiger partial charge >= 0.3 is 0 Å². The first-order chi connectivity index (χ1) is 7.25. The molecule has 1 heterocycles. The summed E-state index contributed by atoms with van der Waals surface area (Å²) in [6, 6.07) is 1.70. The molecule has 0 bridgehead atoms. The SMILES string of the molecule is CC(C)CNC1CCCN(C2CCC2)C1. The van der Waals surface area contributed by atoms with Gasteiger partial charge in [0.25, 0.3) is 0 Å². The predicted octanol–water partition coefficient (Wildman–Crippen LogP) is 2.25. The summed E-state index contributed by atoms with van der Waals surface area (Å²) in [5, 5.41) is 3.71. The Kier molecular flexibility index (Phi) is 4.04. The van der Waals surface area contributed by atoms with Crippen LogP contribution < -0.4 is 5.32 Å². The molecule has 0 aromatic rings. The van der Waals surface area contributed by atoms with E-state index in [1.54, 1.807) is 0 Å². The average Bonchev–Trinajstić information content (AvgIpc) is 2.13. The molecule has 1 atom stereocenters. The van der Waals surface area contributed by atoms with Crippen molar-refractivity contribution in [2.24, 2.45) is 5.92 Å². The Morgan fingerprint density at radius 1 is 1.20 bits per heavy atom. The van der Waals surface area contributed by atoms with E-state index in [-0.39, 0.29) is 0 Å². The quantitative estimate of drug-likeness (QED) is 0.765. The van der Waals surface area contributed by atoms with E-state index in [9.17, 15) is 0 Å². The minimum atomic E-state index is 0.766. The molecule has 1 saturated heterocycles. The third-order valence-electron chi connectivity index (χ3n) is 3.86. The van der Waals surface area contributed by atoms with E-state index >= 15 is 0 Å². The maximum absolute atomic E-state index is 3.71.